The smallest absolute Gasteiger partial charge is 0.308 e. The van der Waals surface area contributed by atoms with E-state index in [1.54, 1.807) is 0 Å². The minimum atomic E-state index is -0.250. The molecular weight excluding hydrogens is 372 g/mol. The second kappa shape index (κ2) is 8.30. The van der Waals surface area contributed by atoms with E-state index in [0.717, 1.165) is 19.3 Å². The van der Waals surface area contributed by atoms with Crippen molar-refractivity contribution < 1.29 is 14.6 Å². The minimum Gasteiger partial charge on any atom is -0.427 e. The van der Waals surface area contributed by atoms with E-state index in [0.29, 0.717) is 23.5 Å². The molecule has 0 radical (unpaired) electrons. The fourth-order valence-corrected chi connectivity index (χ4v) is 7.97. The van der Waals surface area contributed by atoms with E-state index < -0.39 is 0 Å². The molecule has 1 aromatic rings. The van der Waals surface area contributed by atoms with Gasteiger partial charge in [0.05, 0.1) is 6.10 Å². The Morgan fingerprint density at radius 1 is 1.23 bits per heavy atom. The molecular formula is C27H40O3. The van der Waals surface area contributed by atoms with Gasteiger partial charge in [0, 0.05) is 6.92 Å². The van der Waals surface area contributed by atoms with Gasteiger partial charge in [-0.25, -0.2) is 0 Å². The van der Waals surface area contributed by atoms with Gasteiger partial charge < -0.3 is 9.84 Å². The number of carbonyl (C=O) groups is 1. The summed E-state index contributed by atoms with van der Waals surface area (Å²) in [6.45, 7) is 8.54. The fourth-order valence-electron chi connectivity index (χ4n) is 7.97. The van der Waals surface area contributed by atoms with Gasteiger partial charge in [0.25, 0.3) is 0 Å². The minimum absolute atomic E-state index is 0.0680. The van der Waals surface area contributed by atoms with Gasteiger partial charge in [0.15, 0.2) is 0 Å². The summed E-state index contributed by atoms with van der Waals surface area (Å²) in [5.41, 5.74) is 3.24. The molecule has 1 N–H and O–H groups in total. The number of aryl methyl sites for hydroxylation is 1. The van der Waals surface area contributed by atoms with Gasteiger partial charge in [-0.05, 0) is 96.8 Å². The maximum absolute atomic E-state index is 11.5. The SMILES string of the molecule is CCCCC[C@H]1C[C@@]2(C)[C@@H](CC[C@@H]2O)[C@]2(CC)CCc3cc(OC(C)=O)ccc3[C@@H]12. The maximum atomic E-state index is 11.5. The van der Waals surface area contributed by atoms with Crippen LogP contribution in [0.4, 0.5) is 0 Å². The molecule has 0 aromatic heterocycles. The number of fused-ring (bicyclic) bond motifs is 5. The zero-order valence-corrected chi connectivity index (χ0v) is 19.4. The number of hydrogen-bond acceptors (Lipinski definition) is 3. The van der Waals surface area contributed by atoms with Crippen molar-refractivity contribution in [1.29, 1.82) is 0 Å². The van der Waals surface area contributed by atoms with Crippen LogP contribution in [0.3, 0.4) is 0 Å². The van der Waals surface area contributed by atoms with Crippen LogP contribution in [-0.4, -0.2) is 17.2 Å². The van der Waals surface area contributed by atoms with Crippen LogP contribution in [0, 0.1) is 22.7 Å². The highest BCUT2D eigenvalue weighted by atomic mass is 16.5. The topological polar surface area (TPSA) is 46.5 Å². The molecule has 1 aromatic carbocycles. The average Bonchev–Trinajstić information content (AvgIpc) is 3.02. The molecule has 2 fully saturated rings. The molecule has 6 atom stereocenters. The van der Waals surface area contributed by atoms with Crippen LogP contribution in [0.15, 0.2) is 18.2 Å². The Balaban J connectivity index is 1.77. The number of ether oxygens (including phenoxy) is 1. The van der Waals surface area contributed by atoms with E-state index >= 15 is 0 Å². The van der Waals surface area contributed by atoms with Gasteiger partial charge in [0.1, 0.15) is 5.75 Å². The number of unbranched alkanes of at least 4 members (excludes halogenated alkanes) is 2. The van der Waals surface area contributed by atoms with Crippen LogP contribution in [-0.2, 0) is 11.2 Å². The first-order valence-electron chi connectivity index (χ1n) is 12.3. The zero-order chi connectivity index (χ0) is 21.5. The molecule has 166 valence electrons. The molecule has 0 heterocycles. The third kappa shape index (κ3) is 3.42. The van der Waals surface area contributed by atoms with Crippen LogP contribution in [0.5, 0.6) is 5.75 Å². The lowest BCUT2D eigenvalue weighted by atomic mass is 9.43. The van der Waals surface area contributed by atoms with E-state index in [1.807, 2.05) is 6.07 Å². The third-order valence-corrected chi connectivity index (χ3v) is 9.18. The van der Waals surface area contributed by atoms with Gasteiger partial charge in [-0.1, -0.05) is 46.1 Å². The molecule has 2 saturated carbocycles. The molecule has 0 unspecified atom stereocenters. The van der Waals surface area contributed by atoms with Crippen molar-refractivity contribution in [1.82, 2.24) is 0 Å². The van der Waals surface area contributed by atoms with E-state index in [9.17, 15) is 9.90 Å². The predicted molar refractivity (Wildman–Crippen MR) is 121 cm³/mol. The summed E-state index contributed by atoms with van der Waals surface area (Å²) in [7, 11) is 0. The lowest BCUT2D eigenvalue weighted by molar-refractivity contribution is -0.131. The molecule has 0 amide bonds. The normalized spacial score (nSPS) is 37.2. The number of hydrogen-bond donors (Lipinski definition) is 1. The van der Waals surface area contributed by atoms with Crippen molar-refractivity contribution in [3.63, 3.8) is 0 Å². The Kier molecular flexibility index (Phi) is 6.05. The first kappa shape index (κ1) is 21.9. The number of esters is 1. The number of benzene rings is 1. The molecule has 0 aliphatic heterocycles. The van der Waals surface area contributed by atoms with Crippen molar-refractivity contribution in [2.24, 2.45) is 22.7 Å². The van der Waals surface area contributed by atoms with E-state index in [-0.39, 0.29) is 22.9 Å². The molecule has 0 bridgehead atoms. The van der Waals surface area contributed by atoms with E-state index in [4.69, 9.17) is 4.74 Å². The molecule has 3 nitrogen and oxygen atoms in total. The lowest BCUT2D eigenvalue weighted by Gasteiger charge is -2.61. The molecule has 3 heteroatoms. The van der Waals surface area contributed by atoms with Crippen molar-refractivity contribution in [2.75, 3.05) is 0 Å². The van der Waals surface area contributed by atoms with Gasteiger partial charge in [0.2, 0.25) is 0 Å². The summed E-state index contributed by atoms with van der Waals surface area (Å²) in [5.74, 6) is 2.24. The highest BCUT2D eigenvalue weighted by Gasteiger charge is 2.63. The largest absolute Gasteiger partial charge is 0.427 e. The summed E-state index contributed by atoms with van der Waals surface area (Å²) >= 11 is 0. The van der Waals surface area contributed by atoms with Crippen LogP contribution >= 0.6 is 0 Å². The second-order valence-electron chi connectivity index (χ2n) is 10.6. The molecule has 30 heavy (non-hydrogen) atoms. The Bertz CT molecular complexity index is 786. The van der Waals surface area contributed by atoms with Crippen molar-refractivity contribution in [2.45, 2.75) is 104 Å². The van der Waals surface area contributed by atoms with Gasteiger partial charge >= 0.3 is 5.97 Å². The predicted octanol–water partition coefficient (Wildman–Crippen LogP) is 6.42. The van der Waals surface area contributed by atoms with Gasteiger partial charge in [-0.2, -0.15) is 0 Å². The van der Waals surface area contributed by atoms with Gasteiger partial charge in [-0.15, -0.1) is 0 Å². The summed E-state index contributed by atoms with van der Waals surface area (Å²) in [5, 5.41) is 11.0. The third-order valence-electron chi connectivity index (χ3n) is 9.18. The molecule has 0 saturated heterocycles. The zero-order valence-electron chi connectivity index (χ0n) is 19.4. The maximum Gasteiger partial charge on any atom is 0.308 e. The monoisotopic (exact) mass is 412 g/mol. The Hall–Kier alpha value is -1.35. The van der Waals surface area contributed by atoms with Crippen LogP contribution < -0.4 is 4.74 Å². The van der Waals surface area contributed by atoms with Crippen molar-refractivity contribution in [3.05, 3.63) is 29.3 Å². The average molecular weight is 413 g/mol. The van der Waals surface area contributed by atoms with Gasteiger partial charge in [-0.3, -0.25) is 4.79 Å². The highest BCUT2D eigenvalue weighted by Crippen LogP contribution is 2.70. The second-order valence-corrected chi connectivity index (χ2v) is 10.6. The quantitative estimate of drug-likeness (QED) is 0.333. The van der Waals surface area contributed by atoms with Crippen molar-refractivity contribution >= 4 is 5.97 Å². The molecule has 0 spiro atoms. The van der Waals surface area contributed by atoms with Crippen LogP contribution in [0.25, 0.3) is 0 Å². The molecule has 3 aliphatic carbocycles. The standard InChI is InChI=1S/C27H40O3/c1-5-7-8-9-20-17-26(4)23(12-13-24(26)29)27(6-2)15-14-19-16-21(30-18(3)28)10-11-22(19)25(20)27/h10-11,16,20,23-25,29H,5-9,12-15,17H2,1-4H3/t20-,23+,24-,25+,26-,27-/m0/s1. The Morgan fingerprint density at radius 2 is 2.03 bits per heavy atom. The summed E-state index contributed by atoms with van der Waals surface area (Å²) in [4.78, 5) is 11.5. The lowest BCUT2D eigenvalue weighted by Crippen LogP contribution is -2.54. The highest BCUT2D eigenvalue weighted by molar-refractivity contribution is 5.69. The van der Waals surface area contributed by atoms with Crippen LogP contribution in [0.2, 0.25) is 0 Å². The van der Waals surface area contributed by atoms with E-state index in [2.05, 4.69) is 32.9 Å². The molecule has 4 rings (SSSR count). The van der Waals surface area contributed by atoms with Crippen LogP contribution in [0.1, 0.15) is 103 Å². The number of rotatable bonds is 6. The number of carbonyl (C=O) groups excluding carboxylic acids is 1. The summed E-state index contributed by atoms with van der Waals surface area (Å²) in [6.07, 6.45) is 11.7. The fraction of sp³-hybridized carbons (Fsp3) is 0.741. The Morgan fingerprint density at radius 3 is 2.73 bits per heavy atom. The summed E-state index contributed by atoms with van der Waals surface area (Å²) < 4.78 is 5.40. The Labute approximate surface area is 182 Å². The number of aliphatic hydroxyl groups excluding tert-OH is 1. The number of aliphatic hydroxyl groups is 1. The first-order chi connectivity index (χ1) is 14.4. The molecule has 3 aliphatic rings. The summed E-state index contributed by atoms with van der Waals surface area (Å²) in [6, 6.07) is 6.39. The van der Waals surface area contributed by atoms with E-state index in [1.165, 1.54) is 63.0 Å². The first-order valence-corrected chi connectivity index (χ1v) is 12.3. The van der Waals surface area contributed by atoms with Crippen molar-refractivity contribution in [3.8, 4) is 5.75 Å².